The quantitative estimate of drug-likeness (QED) is 0.146. The van der Waals surface area contributed by atoms with E-state index in [9.17, 15) is 48.3 Å². The fourth-order valence-electron chi connectivity index (χ4n) is 10.5. The van der Waals surface area contributed by atoms with Crippen molar-refractivity contribution in [3.8, 4) is 0 Å². The van der Waals surface area contributed by atoms with Crippen molar-refractivity contribution in [1.29, 1.82) is 0 Å². The van der Waals surface area contributed by atoms with Gasteiger partial charge in [-0.25, -0.2) is 4.79 Å². The van der Waals surface area contributed by atoms with Gasteiger partial charge in [-0.3, -0.25) is 52.8 Å². The third-order valence-corrected chi connectivity index (χ3v) is 15.9. The highest BCUT2D eigenvalue weighted by atomic mass is 16.3. The van der Waals surface area contributed by atoms with Crippen molar-refractivity contribution in [2.75, 3.05) is 49.3 Å². The minimum Gasteiger partial charge on any atom is -0.390 e. The summed E-state index contributed by atoms with van der Waals surface area (Å²) in [4.78, 5) is 168. The van der Waals surface area contributed by atoms with Crippen LogP contribution in [0.5, 0.6) is 0 Å². The minimum atomic E-state index is -1.65. The van der Waals surface area contributed by atoms with E-state index >= 15 is 9.59 Å². The number of rotatable bonds is 15. The Hall–Kier alpha value is -6.13. The molecule has 0 aromatic heterocycles. The van der Waals surface area contributed by atoms with Gasteiger partial charge in [0.2, 0.25) is 53.2 Å². The molecule has 0 bridgehead atoms. The fraction of sp³-hybridized carbons (Fsp3) is 0.787. The molecule has 23 heteroatoms. The first kappa shape index (κ1) is 75.9. The minimum absolute atomic E-state index is 0.0552. The Balaban J connectivity index is 4.37. The molecule has 5 N–H and O–H groups in total. The second-order valence-corrected chi connectivity index (χ2v) is 25.7. The number of aliphatic hydroxyl groups excluding tert-OH is 1. The summed E-state index contributed by atoms with van der Waals surface area (Å²) in [6, 6.07) is -13.6. The maximum absolute atomic E-state index is 15.1. The van der Waals surface area contributed by atoms with Crippen molar-refractivity contribution in [2.45, 2.75) is 223 Å². The molecule has 12 amide bonds. The summed E-state index contributed by atoms with van der Waals surface area (Å²) in [7, 11) is 9.63. The van der Waals surface area contributed by atoms with E-state index in [4.69, 9.17) is 0 Å². The van der Waals surface area contributed by atoms with E-state index in [0.29, 0.717) is 6.42 Å². The lowest BCUT2D eigenvalue weighted by Gasteiger charge is -2.41. The third kappa shape index (κ3) is 20.5. The number of nitrogens with zero attached hydrogens (tertiary/aromatic N) is 7. The molecule has 0 radical (unpaired) electrons. The molecule has 84 heavy (non-hydrogen) atoms. The van der Waals surface area contributed by atoms with Gasteiger partial charge in [-0.05, 0) is 101 Å². The predicted octanol–water partition coefficient (Wildman–Crippen LogP) is 3.86. The number of likely N-dealkylation sites (N-methyl/N-ethyl adjacent to an activating group) is 7. The van der Waals surface area contributed by atoms with Crippen molar-refractivity contribution in [1.82, 2.24) is 55.6 Å². The van der Waals surface area contributed by atoms with Crippen LogP contribution >= 0.6 is 0 Å². The van der Waals surface area contributed by atoms with E-state index in [0.717, 1.165) is 14.7 Å². The molecule has 1 saturated heterocycles. The average molecular weight is 1190 g/mol. The first-order valence-electron chi connectivity index (χ1n) is 30.1. The van der Waals surface area contributed by atoms with E-state index < -0.39 is 149 Å². The Kier molecular flexibility index (Phi) is 30.8. The zero-order valence-corrected chi connectivity index (χ0v) is 55.4. The molecule has 12 unspecified atom stereocenters. The van der Waals surface area contributed by atoms with Crippen LogP contribution in [0.4, 0.5) is 4.79 Å². The second-order valence-electron chi connectivity index (χ2n) is 25.7. The summed E-state index contributed by atoms with van der Waals surface area (Å²) in [5.41, 5.74) is 0. The highest BCUT2D eigenvalue weighted by Crippen LogP contribution is 2.26. The van der Waals surface area contributed by atoms with Gasteiger partial charge >= 0.3 is 6.03 Å². The van der Waals surface area contributed by atoms with E-state index in [2.05, 4.69) is 21.3 Å². The SMILES string of the molecule is CC=CCC(C)C(O)C1C(=O)NC(CC)C(=O)N(C)C(=O)N(C)C(CC(C)C)C(=O)NC(C(C)C)C(=O)N(C)C(CC(C)C)C(=O)NC(C)C(=O)NC(C)C(=O)N(C)C(CC(C)C)C(=O)N(C)C(CC(C)C)C(=O)N(C)C(C(C)C)C(=O)N1C. The van der Waals surface area contributed by atoms with Gasteiger partial charge in [0, 0.05) is 49.3 Å². The lowest BCUT2D eigenvalue weighted by molar-refractivity contribution is -0.157. The molecule has 1 aliphatic heterocycles. The molecule has 1 heterocycles. The topological polar surface area (TPSA) is 279 Å². The van der Waals surface area contributed by atoms with Gasteiger partial charge in [0.15, 0.2) is 0 Å². The van der Waals surface area contributed by atoms with Crippen LogP contribution in [0.1, 0.15) is 156 Å². The smallest absolute Gasteiger partial charge is 0.326 e. The van der Waals surface area contributed by atoms with Crippen molar-refractivity contribution >= 4 is 65.1 Å². The summed E-state index contributed by atoms with van der Waals surface area (Å²) in [6.45, 7) is 29.7. The number of urea groups is 1. The molecule has 0 aromatic carbocycles. The maximum atomic E-state index is 15.1. The first-order valence-corrected chi connectivity index (χ1v) is 30.1. The van der Waals surface area contributed by atoms with Crippen molar-refractivity contribution < 1.29 is 57.8 Å². The van der Waals surface area contributed by atoms with Crippen molar-refractivity contribution in [2.24, 2.45) is 41.4 Å². The van der Waals surface area contributed by atoms with Gasteiger partial charge in [0.05, 0.1) is 6.10 Å². The number of amides is 12. The number of carbonyl (C=O) groups is 11. The standard InChI is InChI=1S/C61H109N11O12/c1-25-27-28-39(15)50(73)49-54(77)64-42(26-2)56(79)72(24)61(84)69(21)44(30-34(5)6)53(76)65-47(37(11)12)59(82)66(18)43(29-33(3)4)52(75)62-40(16)51(74)63-41(17)55(78)67(19)45(31-35(7)8)57(80)68(20)46(32-36(9)10)58(81)70(22)48(38(13)14)60(83)71(49)23/h25,27,33-50,73H,26,28-32H2,1-24H3,(H,62,75)(H,63,74)(H,64,77)(H,65,76). The molecular formula is C61H109N11O12. The molecule has 480 valence electrons. The molecule has 0 aromatic rings. The molecular weight excluding hydrogens is 1080 g/mol. The Morgan fingerprint density at radius 2 is 0.845 bits per heavy atom. The first-order chi connectivity index (χ1) is 38.7. The summed E-state index contributed by atoms with van der Waals surface area (Å²) in [5, 5.41) is 23.0. The molecule has 12 atom stereocenters. The van der Waals surface area contributed by atoms with Crippen LogP contribution in [0, 0.1) is 41.4 Å². The molecule has 1 aliphatic rings. The van der Waals surface area contributed by atoms with E-state index in [1.807, 2.05) is 55.4 Å². The number of allylic oxidation sites excluding steroid dienone is 2. The highest BCUT2D eigenvalue weighted by molar-refractivity contribution is 6.02. The second kappa shape index (κ2) is 34.1. The number of aliphatic hydroxyl groups is 1. The molecule has 0 saturated carbocycles. The summed E-state index contributed by atoms with van der Waals surface area (Å²) < 4.78 is 0. The number of nitrogens with one attached hydrogen (secondary N) is 4. The summed E-state index contributed by atoms with van der Waals surface area (Å²) >= 11 is 0. The molecule has 1 rings (SSSR count). The molecule has 0 spiro atoms. The van der Waals surface area contributed by atoms with Crippen LogP contribution in [0.3, 0.4) is 0 Å². The fourth-order valence-corrected chi connectivity index (χ4v) is 10.5. The number of carbonyl (C=O) groups excluding carboxylic acids is 11. The Bertz CT molecular complexity index is 2310. The zero-order valence-electron chi connectivity index (χ0n) is 55.4. The van der Waals surface area contributed by atoms with Crippen molar-refractivity contribution in [3.05, 3.63) is 12.2 Å². The average Bonchev–Trinajstić information content (AvgIpc) is 2.45. The lowest BCUT2D eigenvalue weighted by atomic mass is 9.91. The van der Waals surface area contributed by atoms with E-state index in [-0.39, 0.29) is 55.8 Å². The zero-order chi connectivity index (χ0) is 65.3. The largest absolute Gasteiger partial charge is 0.390 e. The normalized spacial score (nSPS) is 26.9. The number of imide groups is 1. The number of hydrogen-bond donors (Lipinski definition) is 5. The van der Waals surface area contributed by atoms with Crippen LogP contribution in [-0.4, -0.2) is 220 Å². The monoisotopic (exact) mass is 1190 g/mol. The van der Waals surface area contributed by atoms with Gasteiger partial charge in [-0.2, -0.15) is 0 Å². The highest BCUT2D eigenvalue weighted by Gasteiger charge is 2.46. The van der Waals surface area contributed by atoms with Gasteiger partial charge in [0.25, 0.3) is 5.91 Å². The summed E-state index contributed by atoms with van der Waals surface area (Å²) in [6.07, 6.45) is 2.81. The van der Waals surface area contributed by atoms with Crippen LogP contribution in [0.25, 0.3) is 0 Å². The Morgan fingerprint density at radius 3 is 1.29 bits per heavy atom. The molecule has 0 aliphatic carbocycles. The molecule has 23 nitrogen and oxygen atoms in total. The van der Waals surface area contributed by atoms with Gasteiger partial charge in [-0.15, -0.1) is 0 Å². The maximum Gasteiger partial charge on any atom is 0.326 e. The van der Waals surface area contributed by atoms with Gasteiger partial charge < -0.3 is 55.8 Å². The van der Waals surface area contributed by atoms with Crippen LogP contribution in [0.15, 0.2) is 12.2 Å². The van der Waals surface area contributed by atoms with Crippen LogP contribution in [0.2, 0.25) is 0 Å². The van der Waals surface area contributed by atoms with Crippen LogP contribution < -0.4 is 21.3 Å². The predicted molar refractivity (Wildman–Crippen MR) is 324 cm³/mol. The Morgan fingerprint density at radius 1 is 0.440 bits per heavy atom. The summed E-state index contributed by atoms with van der Waals surface area (Å²) in [5.74, 6) is -9.57. The van der Waals surface area contributed by atoms with Gasteiger partial charge in [-0.1, -0.05) is 109 Å². The third-order valence-electron chi connectivity index (χ3n) is 15.9. The van der Waals surface area contributed by atoms with Crippen LogP contribution in [-0.2, 0) is 47.9 Å². The van der Waals surface area contributed by atoms with E-state index in [1.165, 1.54) is 82.8 Å². The van der Waals surface area contributed by atoms with Crippen molar-refractivity contribution in [3.63, 3.8) is 0 Å². The lowest BCUT2D eigenvalue weighted by Crippen LogP contribution is -2.64. The Labute approximate surface area is 502 Å². The molecule has 1 fully saturated rings. The van der Waals surface area contributed by atoms with Gasteiger partial charge in [0.1, 0.15) is 60.4 Å². The number of hydrogen-bond acceptors (Lipinski definition) is 12. The van der Waals surface area contributed by atoms with E-state index in [1.54, 1.807) is 60.6 Å².